The molecule has 11 nitrogen and oxygen atoms in total. The van der Waals surface area contributed by atoms with Crippen molar-refractivity contribution in [3.63, 3.8) is 0 Å². The zero-order valence-electron chi connectivity index (χ0n) is 39.7. The van der Waals surface area contributed by atoms with Crippen LogP contribution in [0.1, 0.15) is 122 Å². The van der Waals surface area contributed by atoms with Crippen molar-refractivity contribution in [3.05, 3.63) is 178 Å². The van der Waals surface area contributed by atoms with E-state index in [2.05, 4.69) is 23.2 Å². The van der Waals surface area contributed by atoms with Gasteiger partial charge in [0.1, 0.15) is 29.9 Å². The number of para-hydroxylation sites is 1. The molecule has 5 aromatic carbocycles. The van der Waals surface area contributed by atoms with Gasteiger partial charge in [-0.05, 0) is 97.5 Å². The van der Waals surface area contributed by atoms with Crippen LogP contribution >= 0.6 is 0 Å². The molecule has 0 bridgehead atoms. The van der Waals surface area contributed by atoms with Crippen molar-refractivity contribution in [2.45, 2.75) is 100 Å². The molecule has 358 valence electrons. The number of urea groups is 1. The van der Waals surface area contributed by atoms with E-state index in [-0.39, 0.29) is 19.1 Å². The molecule has 2 N–H and O–H groups in total. The number of ether oxygens (including phenoxy) is 2. The Hall–Kier alpha value is -7.00. The van der Waals surface area contributed by atoms with Gasteiger partial charge in [0, 0.05) is 24.2 Å². The van der Waals surface area contributed by atoms with Gasteiger partial charge in [0.2, 0.25) is 11.8 Å². The Balaban J connectivity index is 1.28. The number of amides is 4. The van der Waals surface area contributed by atoms with Crippen LogP contribution in [0.4, 0.5) is 10.5 Å². The molecule has 5 aromatic rings. The number of esters is 1. The number of likely N-dealkylation sites (tertiary alicyclic amines) is 1. The van der Waals surface area contributed by atoms with E-state index in [1.165, 1.54) is 4.90 Å². The smallest absolute Gasteiger partial charge is 0.329 e. The monoisotopic (exact) mass is 936 g/mol. The maximum absolute atomic E-state index is 16.9. The molecule has 11 heteroatoms. The first-order chi connectivity index (χ1) is 34.3. The highest BCUT2D eigenvalue weighted by molar-refractivity contribution is 6.24. The molecule has 1 spiro atoms. The number of anilines is 1. The minimum atomic E-state index is -1.95. The van der Waals surface area contributed by atoms with Crippen LogP contribution < -0.4 is 15.0 Å². The minimum absolute atomic E-state index is 0.0564. The van der Waals surface area contributed by atoms with E-state index < -0.39 is 59.5 Å². The van der Waals surface area contributed by atoms with Crippen molar-refractivity contribution >= 4 is 29.5 Å². The van der Waals surface area contributed by atoms with Crippen LogP contribution in [0.3, 0.4) is 0 Å². The van der Waals surface area contributed by atoms with Crippen LogP contribution in [0.15, 0.2) is 145 Å². The summed E-state index contributed by atoms with van der Waals surface area (Å²) in [5, 5.41) is 13.3. The van der Waals surface area contributed by atoms with Gasteiger partial charge in [-0.15, -0.1) is 0 Å². The van der Waals surface area contributed by atoms with Crippen LogP contribution in [-0.2, 0) is 24.5 Å². The van der Waals surface area contributed by atoms with Crippen molar-refractivity contribution in [2.24, 2.45) is 5.92 Å². The van der Waals surface area contributed by atoms with Crippen molar-refractivity contribution < 1.29 is 33.8 Å². The maximum atomic E-state index is 16.9. The second-order valence-electron chi connectivity index (χ2n) is 19.1. The number of hydrogen-bond acceptors (Lipinski definition) is 8. The molecule has 7 atom stereocenters. The number of aliphatic hydroxyl groups excluding tert-OH is 1. The molecular formula is C59H60N4O7. The van der Waals surface area contributed by atoms with E-state index in [1.54, 1.807) is 12.1 Å². The van der Waals surface area contributed by atoms with Crippen LogP contribution in [0.5, 0.6) is 5.75 Å². The summed E-state index contributed by atoms with van der Waals surface area (Å²) in [6.07, 6.45) is 9.76. The predicted molar refractivity (Wildman–Crippen MR) is 267 cm³/mol. The molecule has 0 saturated carbocycles. The number of fused-ring (bicyclic) bond motifs is 3. The van der Waals surface area contributed by atoms with Crippen molar-refractivity contribution in [1.29, 1.82) is 0 Å². The van der Waals surface area contributed by atoms with Gasteiger partial charge in [-0.2, -0.15) is 0 Å². The van der Waals surface area contributed by atoms with E-state index in [9.17, 15) is 5.11 Å². The molecule has 4 heterocycles. The summed E-state index contributed by atoms with van der Waals surface area (Å²) in [5.74, 6) is 4.17. The minimum Gasteiger partial charge on any atom is -0.491 e. The SMILES string of the molecule is C[C@@H](NC(=O)N1C(=O)[C@@]2(c3cc(C#CC4=CCCCC4)ccc31)[C@H](C(=O)N1CCCCCCC1)[C@H]1C(=O)O[C@H](c3ccccc3)[C@H](c3ccccc3)N1[C@@H]2c1ccccc1OCCO)c1ccccc1. The average Bonchev–Trinajstić information content (AvgIpc) is 3.84. The van der Waals surface area contributed by atoms with Gasteiger partial charge < -0.3 is 24.8 Å². The van der Waals surface area contributed by atoms with Crippen LogP contribution in [-0.4, -0.2) is 71.1 Å². The van der Waals surface area contributed by atoms with Gasteiger partial charge in [-0.25, -0.2) is 9.69 Å². The fourth-order valence-electron chi connectivity index (χ4n) is 11.8. The molecule has 1 aliphatic carbocycles. The van der Waals surface area contributed by atoms with E-state index in [0.717, 1.165) is 80.1 Å². The van der Waals surface area contributed by atoms with Gasteiger partial charge in [-0.1, -0.05) is 146 Å². The van der Waals surface area contributed by atoms with Gasteiger partial charge >= 0.3 is 12.0 Å². The standard InChI is InChI=1S/C59H60N4O7/c1-40(43-23-11-6-12-24-43)60-58(68)62-48-34-33-42(32-31-41-21-9-5-10-22-41)39-47(48)59(57(62)67)50(55(65)61-35-19-3-2-4-20-36-61)52-56(66)70-53(45-27-15-8-16-28-45)51(44-25-13-7-14-26-44)63(52)54(59)46-29-17-18-30-49(46)69-38-37-64/h6-8,11-18,21,23-30,33-34,39-40,50-54,64H,2-5,9-10,19-20,22,35-38H2,1H3,(H,60,68)/t40-,50+,51+,52+,53-,54-,59+/m1/s1. The van der Waals surface area contributed by atoms with Crippen molar-refractivity contribution in [3.8, 4) is 17.6 Å². The summed E-state index contributed by atoms with van der Waals surface area (Å²) in [4.78, 5) is 69.4. The summed E-state index contributed by atoms with van der Waals surface area (Å²) >= 11 is 0. The number of rotatable bonds is 9. The number of imide groups is 1. The molecule has 10 rings (SSSR count). The number of aliphatic hydroxyl groups is 1. The highest BCUT2D eigenvalue weighted by Gasteiger charge is 2.76. The molecule has 4 aliphatic heterocycles. The number of benzene rings is 5. The van der Waals surface area contributed by atoms with Crippen molar-refractivity contribution in [1.82, 2.24) is 15.1 Å². The Bertz CT molecular complexity index is 2820. The molecule has 70 heavy (non-hydrogen) atoms. The first-order valence-corrected chi connectivity index (χ1v) is 25.1. The number of carbonyl (C=O) groups is 4. The molecular weight excluding hydrogens is 877 g/mol. The zero-order valence-corrected chi connectivity index (χ0v) is 39.7. The second-order valence-corrected chi connectivity index (χ2v) is 19.1. The predicted octanol–water partition coefficient (Wildman–Crippen LogP) is 9.84. The van der Waals surface area contributed by atoms with Crippen LogP contribution in [0.25, 0.3) is 0 Å². The number of allylic oxidation sites excluding steroid dienone is 2. The van der Waals surface area contributed by atoms with E-state index >= 15 is 19.2 Å². The quantitative estimate of drug-likeness (QED) is 0.111. The summed E-state index contributed by atoms with van der Waals surface area (Å²) in [6, 6.07) is 37.4. The fourth-order valence-corrected chi connectivity index (χ4v) is 11.8. The first kappa shape index (κ1) is 46.7. The lowest BCUT2D eigenvalue weighted by Gasteiger charge is -2.46. The summed E-state index contributed by atoms with van der Waals surface area (Å²) < 4.78 is 13.1. The molecule has 5 aliphatic rings. The largest absolute Gasteiger partial charge is 0.491 e. The van der Waals surface area contributed by atoms with E-state index in [4.69, 9.17) is 9.47 Å². The van der Waals surface area contributed by atoms with Gasteiger partial charge in [-0.3, -0.25) is 19.3 Å². The lowest BCUT2D eigenvalue weighted by atomic mass is 9.64. The number of cyclic esters (lactones) is 1. The first-order valence-electron chi connectivity index (χ1n) is 25.1. The summed E-state index contributed by atoms with van der Waals surface area (Å²) in [6.45, 7) is 2.43. The Kier molecular flexibility index (Phi) is 13.7. The van der Waals surface area contributed by atoms with Crippen LogP contribution in [0, 0.1) is 17.8 Å². The zero-order chi connectivity index (χ0) is 48.2. The van der Waals surface area contributed by atoms with Gasteiger partial charge in [0.25, 0.3) is 0 Å². The third-order valence-corrected chi connectivity index (χ3v) is 15.0. The Morgan fingerprint density at radius 3 is 2.16 bits per heavy atom. The summed E-state index contributed by atoms with van der Waals surface area (Å²) in [5.41, 5.74) is 3.33. The molecule has 4 amide bonds. The van der Waals surface area contributed by atoms with Crippen molar-refractivity contribution in [2.75, 3.05) is 31.2 Å². The normalized spacial score (nSPS) is 24.8. The number of nitrogens with one attached hydrogen (secondary N) is 1. The Morgan fingerprint density at radius 2 is 1.46 bits per heavy atom. The van der Waals surface area contributed by atoms with E-state index in [0.29, 0.717) is 41.2 Å². The lowest BCUT2D eigenvalue weighted by molar-refractivity contribution is -0.179. The lowest BCUT2D eigenvalue weighted by Crippen LogP contribution is -2.57. The highest BCUT2D eigenvalue weighted by atomic mass is 16.6. The maximum Gasteiger partial charge on any atom is 0.329 e. The number of carbonyl (C=O) groups excluding carboxylic acids is 4. The highest BCUT2D eigenvalue weighted by Crippen LogP contribution is 2.67. The van der Waals surface area contributed by atoms with Gasteiger partial charge in [0.15, 0.2) is 0 Å². The Morgan fingerprint density at radius 1 is 0.786 bits per heavy atom. The second kappa shape index (κ2) is 20.5. The number of nitrogens with zero attached hydrogens (tertiary/aromatic N) is 3. The fraction of sp³-hybridized carbons (Fsp3) is 0.356. The molecule has 0 aromatic heterocycles. The Labute approximate surface area is 410 Å². The topological polar surface area (TPSA) is 129 Å². The van der Waals surface area contributed by atoms with Gasteiger partial charge in [0.05, 0.1) is 36.3 Å². The number of morpholine rings is 1. The average molecular weight is 937 g/mol. The summed E-state index contributed by atoms with van der Waals surface area (Å²) in [7, 11) is 0. The molecule has 0 unspecified atom stereocenters. The third-order valence-electron chi connectivity index (χ3n) is 15.0. The number of hydrogen-bond donors (Lipinski definition) is 2. The third kappa shape index (κ3) is 8.58. The molecule has 0 radical (unpaired) electrons. The molecule has 3 saturated heterocycles. The van der Waals surface area contributed by atoms with Crippen LogP contribution in [0.2, 0.25) is 0 Å². The molecule has 3 fully saturated rings. The van der Waals surface area contributed by atoms with E-state index in [1.807, 2.05) is 138 Å².